The van der Waals surface area contributed by atoms with E-state index in [1.54, 1.807) is 18.0 Å². The topological polar surface area (TPSA) is 33.2 Å². The van der Waals surface area contributed by atoms with Crippen LogP contribution >= 0.6 is 0 Å². The number of pyridine rings is 1. The molecular weight excluding hydrogens is 164 g/mol. The maximum Gasteiger partial charge on any atom is 0.225 e. The Morgan fingerprint density at radius 3 is 2.77 bits per heavy atom. The second-order valence-corrected chi connectivity index (χ2v) is 2.95. The van der Waals surface area contributed by atoms with Gasteiger partial charge in [-0.25, -0.2) is 4.98 Å². The molecule has 0 aliphatic carbocycles. The fourth-order valence-electron chi connectivity index (χ4n) is 1.21. The van der Waals surface area contributed by atoms with E-state index in [-0.39, 0.29) is 5.91 Å². The second kappa shape index (κ2) is 4.03. The highest BCUT2D eigenvalue weighted by molar-refractivity contribution is 5.90. The number of carbonyl (C=O) groups excluding carboxylic acids is 1. The number of nitrogens with zero attached hydrogens (tertiary/aromatic N) is 2. The van der Waals surface area contributed by atoms with Crippen molar-refractivity contribution < 1.29 is 4.79 Å². The molecule has 0 fully saturated rings. The van der Waals surface area contributed by atoms with Crippen molar-refractivity contribution in [1.82, 2.24) is 4.98 Å². The molecule has 3 nitrogen and oxygen atoms in total. The van der Waals surface area contributed by atoms with Gasteiger partial charge in [0.25, 0.3) is 0 Å². The first-order valence-corrected chi connectivity index (χ1v) is 4.36. The molecule has 0 N–H and O–H groups in total. The molecule has 0 aromatic carbocycles. The lowest BCUT2D eigenvalue weighted by Gasteiger charge is -2.17. The maximum absolute atomic E-state index is 11.2. The summed E-state index contributed by atoms with van der Waals surface area (Å²) in [5.41, 5.74) is 1.12. The summed E-state index contributed by atoms with van der Waals surface area (Å²) in [6.45, 7) is 6.13. The smallest absolute Gasteiger partial charge is 0.225 e. The molecule has 0 aliphatic rings. The molecule has 0 bridgehead atoms. The fraction of sp³-hybridized carbons (Fsp3) is 0.400. The molecule has 0 saturated heterocycles. The van der Waals surface area contributed by atoms with Crippen LogP contribution in [0.2, 0.25) is 0 Å². The highest BCUT2D eigenvalue weighted by Crippen LogP contribution is 2.11. The Balaban J connectivity index is 2.98. The highest BCUT2D eigenvalue weighted by Gasteiger charge is 2.09. The Morgan fingerprint density at radius 1 is 1.62 bits per heavy atom. The van der Waals surface area contributed by atoms with Gasteiger partial charge in [0.1, 0.15) is 5.82 Å². The molecule has 13 heavy (non-hydrogen) atoms. The third kappa shape index (κ3) is 2.28. The molecule has 1 heterocycles. The van der Waals surface area contributed by atoms with Crippen LogP contribution in [-0.2, 0) is 4.79 Å². The van der Waals surface area contributed by atoms with Gasteiger partial charge in [0, 0.05) is 19.7 Å². The van der Waals surface area contributed by atoms with E-state index in [0.717, 1.165) is 11.4 Å². The molecule has 1 amide bonds. The molecule has 3 heteroatoms. The van der Waals surface area contributed by atoms with E-state index in [4.69, 9.17) is 0 Å². The van der Waals surface area contributed by atoms with Gasteiger partial charge in [0.2, 0.25) is 5.91 Å². The van der Waals surface area contributed by atoms with Crippen molar-refractivity contribution >= 4 is 11.7 Å². The minimum Gasteiger partial charge on any atom is -0.297 e. The summed E-state index contributed by atoms with van der Waals surface area (Å²) in [6, 6.07) is 3.82. The van der Waals surface area contributed by atoms with E-state index in [1.165, 1.54) is 0 Å². The van der Waals surface area contributed by atoms with Crippen LogP contribution in [0.1, 0.15) is 19.4 Å². The normalized spacial score (nSPS) is 9.77. The third-order valence-corrected chi connectivity index (χ3v) is 1.87. The van der Waals surface area contributed by atoms with E-state index in [9.17, 15) is 4.79 Å². The number of aromatic nitrogens is 1. The van der Waals surface area contributed by atoms with Gasteiger partial charge in [-0.1, -0.05) is 0 Å². The largest absolute Gasteiger partial charge is 0.297 e. The molecule has 0 atom stereocenters. The first-order chi connectivity index (χ1) is 6.15. The van der Waals surface area contributed by atoms with Gasteiger partial charge in [0.05, 0.1) is 0 Å². The number of carbonyl (C=O) groups is 1. The Hall–Kier alpha value is -1.38. The minimum absolute atomic E-state index is 0.0283. The molecular formula is C10H14N2O. The summed E-state index contributed by atoms with van der Waals surface area (Å²) < 4.78 is 0. The van der Waals surface area contributed by atoms with Crippen molar-refractivity contribution in [2.45, 2.75) is 20.8 Å². The fourth-order valence-corrected chi connectivity index (χ4v) is 1.21. The predicted molar refractivity (Wildman–Crippen MR) is 52.7 cm³/mol. The quantitative estimate of drug-likeness (QED) is 0.691. The molecule has 0 spiro atoms. The number of aryl methyl sites for hydroxylation is 1. The average molecular weight is 178 g/mol. The summed E-state index contributed by atoms with van der Waals surface area (Å²) in [7, 11) is 0. The highest BCUT2D eigenvalue weighted by atomic mass is 16.2. The first-order valence-electron chi connectivity index (χ1n) is 4.36. The van der Waals surface area contributed by atoms with Crippen molar-refractivity contribution in [2.75, 3.05) is 11.4 Å². The average Bonchev–Trinajstić information content (AvgIpc) is 2.04. The Bertz CT molecular complexity index is 310. The predicted octanol–water partition coefficient (Wildman–Crippen LogP) is 1.76. The van der Waals surface area contributed by atoms with E-state index in [1.807, 2.05) is 26.0 Å². The van der Waals surface area contributed by atoms with E-state index < -0.39 is 0 Å². The van der Waals surface area contributed by atoms with E-state index in [2.05, 4.69) is 4.98 Å². The van der Waals surface area contributed by atoms with Crippen LogP contribution < -0.4 is 4.90 Å². The van der Waals surface area contributed by atoms with Crippen LogP contribution in [0.4, 0.5) is 5.82 Å². The van der Waals surface area contributed by atoms with Crippen molar-refractivity contribution in [3.8, 4) is 0 Å². The van der Waals surface area contributed by atoms with Gasteiger partial charge >= 0.3 is 0 Å². The van der Waals surface area contributed by atoms with Gasteiger partial charge in [-0.15, -0.1) is 0 Å². The lowest BCUT2D eigenvalue weighted by atomic mass is 10.3. The zero-order chi connectivity index (χ0) is 9.84. The molecule has 70 valence electrons. The van der Waals surface area contributed by atoms with Gasteiger partial charge in [-0.2, -0.15) is 0 Å². The lowest BCUT2D eigenvalue weighted by Crippen LogP contribution is -2.28. The van der Waals surface area contributed by atoms with Crippen molar-refractivity contribution in [2.24, 2.45) is 0 Å². The van der Waals surface area contributed by atoms with Gasteiger partial charge < -0.3 is 0 Å². The van der Waals surface area contributed by atoms with E-state index in [0.29, 0.717) is 6.54 Å². The molecule has 0 unspecified atom stereocenters. The van der Waals surface area contributed by atoms with Crippen molar-refractivity contribution in [3.05, 3.63) is 23.9 Å². The van der Waals surface area contributed by atoms with Crippen LogP contribution in [0.15, 0.2) is 18.3 Å². The zero-order valence-corrected chi connectivity index (χ0v) is 8.24. The third-order valence-electron chi connectivity index (χ3n) is 1.87. The number of amides is 1. The van der Waals surface area contributed by atoms with Crippen molar-refractivity contribution in [1.29, 1.82) is 0 Å². The molecule has 1 rings (SSSR count). The van der Waals surface area contributed by atoms with Crippen molar-refractivity contribution in [3.63, 3.8) is 0 Å². The Morgan fingerprint density at radius 2 is 2.31 bits per heavy atom. The van der Waals surface area contributed by atoms with E-state index >= 15 is 0 Å². The molecule has 1 aromatic heterocycles. The molecule has 0 aliphatic heterocycles. The lowest BCUT2D eigenvalue weighted by molar-refractivity contribution is -0.116. The van der Waals surface area contributed by atoms with Crippen LogP contribution in [0, 0.1) is 6.92 Å². The molecule has 1 aromatic rings. The SMILES string of the molecule is CCN(C(C)=O)c1cc(C)ccn1. The van der Waals surface area contributed by atoms with Gasteiger partial charge in [0.15, 0.2) is 0 Å². The van der Waals surface area contributed by atoms with Crippen LogP contribution in [0.25, 0.3) is 0 Å². The van der Waals surface area contributed by atoms with Crippen LogP contribution in [0.5, 0.6) is 0 Å². The number of hydrogen-bond acceptors (Lipinski definition) is 2. The molecule has 0 saturated carbocycles. The second-order valence-electron chi connectivity index (χ2n) is 2.95. The summed E-state index contributed by atoms with van der Waals surface area (Å²) in [4.78, 5) is 17.0. The monoisotopic (exact) mass is 178 g/mol. The Kier molecular flexibility index (Phi) is 3.01. The summed E-state index contributed by atoms with van der Waals surface area (Å²) in [6.07, 6.45) is 1.72. The summed E-state index contributed by atoms with van der Waals surface area (Å²) in [5, 5.41) is 0. The first kappa shape index (κ1) is 9.71. The standard InChI is InChI=1S/C10H14N2O/c1-4-12(9(3)13)10-7-8(2)5-6-11-10/h5-7H,4H2,1-3H3. The maximum atomic E-state index is 11.2. The van der Waals surface area contributed by atoms with Gasteiger partial charge in [-0.3, -0.25) is 9.69 Å². The van der Waals surface area contributed by atoms with Crippen LogP contribution in [0.3, 0.4) is 0 Å². The molecule has 0 radical (unpaired) electrons. The summed E-state index contributed by atoms with van der Waals surface area (Å²) >= 11 is 0. The summed E-state index contributed by atoms with van der Waals surface area (Å²) in [5.74, 6) is 0.760. The van der Waals surface area contributed by atoms with Crippen LogP contribution in [-0.4, -0.2) is 17.4 Å². The number of anilines is 1. The Labute approximate surface area is 78.4 Å². The van der Waals surface area contributed by atoms with Gasteiger partial charge in [-0.05, 0) is 31.5 Å². The number of rotatable bonds is 2. The zero-order valence-electron chi connectivity index (χ0n) is 8.24. The number of hydrogen-bond donors (Lipinski definition) is 0. The minimum atomic E-state index is 0.0283.